The van der Waals surface area contributed by atoms with Crippen LogP contribution >= 0.6 is 0 Å². The first-order valence-electron chi connectivity index (χ1n) is 6.69. The third-order valence-electron chi connectivity index (χ3n) is 3.73. The second-order valence-corrected chi connectivity index (χ2v) is 5.15. The van der Waals surface area contributed by atoms with E-state index in [2.05, 4.69) is 33.3 Å². The van der Waals surface area contributed by atoms with Crippen LogP contribution in [0.1, 0.15) is 12.8 Å². The summed E-state index contributed by atoms with van der Waals surface area (Å²) in [6, 6.07) is 8.19. The molecule has 0 aliphatic carbocycles. The summed E-state index contributed by atoms with van der Waals surface area (Å²) in [5, 5.41) is 3.41. The summed E-state index contributed by atoms with van der Waals surface area (Å²) < 4.78 is 0. The average Bonchev–Trinajstić information content (AvgIpc) is 2.84. The van der Waals surface area contributed by atoms with E-state index in [9.17, 15) is 0 Å². The van der Waals surface area contributed by atoms with Gasteiger partial charge in [0, 0.05) is 13.6 Å². The van der Waals surface area contributed by atoms with Crippen molar-refractivity contribution >= 4 is 17.0 Å². The number of hydrogen-bond acceptors (Lipinski definition) is 3. The van der Waals surface area contributed by atoms with Crippen LogP contribution in [0.3, 0.4) is 0 Å². The van der Waals surface area contributed by atoms with Gasteiger partial charge < -0.3 is 15.2 Å². The number of aromatic nitrogens is 2. The van der Waals surface area contributed by atoms with Crippen LogP contribution in [0, 0.1) is 5.92 Å². The Balaban J connectivity index is 1.72. The molecule has 4 heteroatoms. The monoisotopic (exact) mass is 244 g/mol. The molecule has 1 fully saturated rings. The maximum Gasteiger partial charge on any atom is 0.203 e. The number of nitrogens with one attached hydrogen (secondary N) is 2. The molecule has 2 heterocycles. The van der Waals surface area contributed by atoms with Crippen molar-refractivity contribution in [1.82, 2.24) is 15.3 Å². The predicted octanol–water partition coefficient (Wildman–Crippen LogP) is 2.00. The number of anilines is 1. The summed E-state index contributed by atoms with van der Waals surface area (Å²) in [6.07, 6.45) is 2.54. The lowest BCUT2D eigenvalue weighted by Gasteiger charge is -2.27. The average molecular weight is 244 g/mol. The lowest BCUT2D eigenvalue weighted by molar-refractivity contribution is 0.377. The molecular weight excluding hydrogens is 224 g/mol. The minimum Gasteiger partial charge on any atom is -0.345 e. The first kappa shape index (κ1) is 11.5. The summed E-state index contributed by atoms with van der Waals surface area (Å²) in [5.74, 6) is 1.76. The Morgan fingerprint density at radius 3 is 2.83 bits per heavy atom. The number of piperidine rings is 1. The molecule has 2 N–H and O–H groups in total. The highest BCUT2D eigenvalue weighted by atomic mass is 15.2. The SMILES string of the molecule is CN(CC1CCNCC1)c1nc2ccccc2[nH]1. The minimum atomic E-state index is 0.782. The van der Waals surface area contributed by atoms with Crippen LogP contribution < -0.4 is 10.2 Å². The highest BCUT2D eigenvalue weighted by molar-refractivity contribution is 5.77. The van der Waals surface area contributed by atoms with Gasteiger partial charge in [0.1, 0.15) is 0 Å². The molecule has 0 radical (unpaired) electrons. The van der Waals surface area contributed by atoms with E-state index in [0.29, 0.717) is 0 Å². The second-order valence-electron chi connectivity index (χ2n) is 5.15. The van der Waals surface area contributed by atoms with Crippen molar-refractivity contribution in [3.63, 3.8) is 0 Å². The number of benzene rings is 1. The topological polar surface area (TPSA) is 44.0 Å². The van der Waals surface area contributed by atoms with E-state index in [0.717, 1.165) is 42.5 Å². The first-order chi connectivity index (χ1) is 8.83. The molecule has 3 rings (SSSR count). The summed E-state index contributed by atoms with van der Waals surface area (Å²) >= 11 is 0. The molecule has 1 aliphatic rings. The van der Waals surface area contributed by atoms with E-state index in [1.165, 1.54) is 12.8 Å². The summed E-state index contributed by atoms with van der Waals surface area (Å²) in [7, 11) is 2.12. The van der Waals surface area contributed by atoms with Gasteiger partial charge in [-0.05, 0) is 44.0 Å². The number of fused-ring (bicyclic) bond motifs is 1. The third-order valence-corrected chi connectivity index (χ3v) is 3.73. The second kappa shape index (κ2) is 4.98. The molecular formula is C14H20N4. The van der Waals surface area contributed by atoms with Crippen molar-refractivity contribution in [3.8, 4) is 0 Å². The van der Waals surface area contributed by atoms with Crippen molar-refractivity contribution in [3.05, 3.63) is 24.3 Å². The van der Waals surface area contributed by atoms with Gasteiger partial charge >= 0.3 is 0 Å². The summed E-state index contributed by atoms with van der Waals surface area (Å²) in [4.78, 5) is 10.3. The van der Waals surface area contributed by atoms with Crippen LogP contribution in [0.5, 0.6) is 0 Å². The highest BCUT2D eigenvalue weighted by Crippen LogP contribution is 2.19. The molecule has 0 saturated carbocycles. The Labute approximate surface area is 107 Å². The predicted molar refractivity (Wildman–Crippen MR) is 75.0 cm³/mol. The number of imidazole rings is 1. The number of aromatic amines is 1. The molecule has 0 bridgehead atoms. The fourth-order valence-corrected chi connectivity index (χ4v) is 2.66. The molecule has 18 heavy (non-hydrogen) atoms. The van der Waals surface area contributed by atoms with E-state index in [4.69, 9.17) is 0 Å². The van der Waals surface area contributed by atoms with Crippen LogP contribution in [-0.4, -0.2) is 36.6 Å². The summed E-state index contributed by atoms with van der Waals surface area (Å²) in [6.45, 7) is 3.39. The number of H-pyrrole nitrogens is 1. The molecule has 1 aliphatic heterocycles. The van der Waals surface area contributed by atoms with Crippen LogP contribution in [-0.2, 0) is 0 Å². The van der Waals surface area contributed by atoms with Crippen molar-refractivity contribution in [2.45, 2.75) is 12.8 Å². The Hall–Kier alpha value is -1.55. The van der Waals surface area contributed by atoms with E-state index >= 15 is 0 Å². The quantitative estimate of drug-likeness (QED) is 0.868. The zero-order valence-electron chi connectivity index (χ0n) is 10.8. The third kappa shape index (κ3) is 2.34. The Morgan fingerprint density at radius 2 is 2.06 bits per heavy atom. The lowest BCUT2D eigenvalue weighted by atomic mass is 9.98. The molecule has 0 unspecified atom stereocenters. The molecule has 4 nitrogen and oxygen atoms in total. The van der Waals surface area contributed by atoms with E-state index in [1.807, 2.05) is 18.2 Å². The number of hydrogen-bond donors (Lipinski definition) is 2. The maximum absolute atomic E-state index is 4.63. The number of rotatable bonds is 3. The van der Waals surface area contributed by atoms with Crippen LogP contribution in [0.15, 0.2) is 24.3 Å². The van der Waals surface area contributed by atoms with Crippen LogP contribution in [0.2, 0.25) is 0 Å². The van der Waals surface area contributed by atoms with Gasteiger partial charge in [0.15, 0.2) is 0 Å². The molecule has 1 saturated heterocycles. The molecule has 0 spiro atoms. The standard InChI is InChI=1S/C14H20N4/c1-18(10-11-6-8-15-9-7-11)14-16-12-4-2-3-5-13(12)17-14/h2-5,11,15H,6-10H2,1H3,(H,16,17). The zero-order valence-corrected chi connectivity index (χ0v) is 10.8. The van der Waals surface area contributed by atoms with Gasteiger partial charge in [-0.2, -0.15) is 0 Å². The van der Waals surface area contributed by atoms with Gasteiger partial charge in [-0.15, -0.1) is 0 Å². The lowest BCUT2D eigenvalue weighted by Crippen LogP contribution is -2.34. The molecule has 0 atom stereocenters. The van der Waals surface area contributed by atoms with Gasteiger partial charge in [-0.3, -0.25) is 0 Å². The Morgan fingerprint density at radius 1 is 1.28 bits per heavy atom. The number of nitrogens with zero attached hydrogens (tertiary/aromatic N) is 2. The van der Waals surface area contributed by atoms with Gasteiger partial charge in [-0.25, -0.2) is 4.98 Å². The smallest absolute Gasteiger partial charge is 0.203 e. The fraction of sp³-hybridized carbons (Fsp3) is 0.500. The zero-order chi connectivity index (χ0) is 12.4. The normalized spacial score (nSPS) is 17.2. The molecule has 1 aromatic carbocycles. The van der Waals surface area contributed by atoms with Gasteiger partial charge in [-0.1, -0.05) is 12.1 Å². The van der Waals surface area contributed by atoms with Gasteiger partial charge in [0.25, 0.3) is 0 Å². The molecule has 0 amide bonds. The maximum atomic E-state index is 4.63. The molecule has 2 aromatic rings. The van der Waals surface area contributed by atoms with E-state index in [-0.39, 0.29) is 0 Å². The van der Waals surface area contributed by atoms with Crippen molar-refractivity contribution < 1.29 is 0 Å². The van der Waals surface area contributed by atoms with Gasteiger partial charge in [0.05, 0.1) is 11.0 Å². The van der Waals surface area contributed by atoms with E-state index < -0.39 is 0 Å². The molecule has 96 valence electrons. The largest absolute Gasteiger partial charge is 0.345 e. The Kier molecular flexibility index (Phi) is 3.19. The number of para-hydroxylation sites is 2. The summed E-state index contributed by atoms with van der Waals surface area (Å²) in [5.41, 5.74) is 2.16. The van der Waals surface area contributed by atoms with Gasteiger partial charge in [0.2, 0.25) is 5.95 Å². The fourth-order valence-electron chi connectivity index (χ4n) is 2.66. The molecule has 1 aromatic heterocycles. The van der Waals surface area contributed by atoms with Crippen LogP contribution in [0.25, 0.3) is 11.0 Å². The minimum absolute atomic E-state index is 0.782. The first-order valence-corrected chi connectivity index (χ1v) is 6.69. The van der Waals surface area contributed by atoms with Crippen molar-refractivity contribution in [2.75, 3.05) is 31.6 Å². The van der Waals surface area contributed by atoms with Crippen LogP contribution in [0.4, 0.5) is 5.95 Å². The van der Waals surface area contributed by atoms with Crippen molar-refractivity contribution in [2.24, 2.45) is 5.92 Å². The highest BCUT2D eigenvalue weighted by Gasteiger charge is 2.16. The van der Waals surface area contributed by atoms with E-state index in [1.54, 1.807) is 0 Å². The van der Waals surface area contributed by atoms with Crippen molar-refractivity contribution in [1.29, 1.82) is 0 Å². The Bertz CT molecular complexity index is 480.